The minimum absolute atomic E-state index is 0.0144. The van der Waals surface area contributed by atoms with E-state index in [1.807, 2.05) is 40.9 Å². The first-order valence-corrected chi connectivity index (χ1v) is 11.3. The maximum Gasteiger partial charge on any atom is 0.320 e. The number of benzene rings is 1. The second-order valence-corrected chi connectivity index (χ2v) is 8.97. The third kappa shape index (κ3) is 4.84. The molecule has 0 radical (unpaired) electrons. The zero-order valence-corrected chi connectivity index (χ0v) is 20.5. The number of nitrogens with zero attached hydrogens (tertiary/aromatic N) is 6. The molecule has 0 saturated carbocycles. The van der Waals surface area contributed by atoms with Crippen LogP contribution in [0.5, 0.6) is 5.75 Å². The van der Waals surface area contributed by atoms with Gasteiger partial charge in [-0.05, 0) is 24.1 Å². The van der Waals surface area contributed by atoms with Crippen LogP contribution >= 0.6 is 11.6 Å². The highest BCUT2D eigenvalue weighted by Gasteiger charge is 2.36. The molecule has 1 saturated heterocycles. The van der Waals surface area contributed by atoms with E-state index in [4.69, 9.17) is 16.3 Å². The smallest absolute Gasteiger partial charge is 0.320 e. The van der Waals surface area contributed by atoms with Crippen molar-refractivity contribution in [3.63, 3.8) is 0 Å². The van der Waals surface area contributed by atoms with Crippen LogP contribution in [0, 0.1) is 5.92 Å². The molecule has 10 heteroatoms. The van der Waals surface area contributed by atoms with Crippen molar-refractivity contribution in [3.8, 4) is 11.4 Å². The summed E-state index contributed by atoms with van der Waals surface area (Å²) in [6.45, 7) is 9.47. The van der Waals surface area contributed by atoms with Gasteiger partial charge in [0.25, 0.3) is 0 Å². The number of carbonyl (C=O) groups is 1. The first-order chi connectivity index (χ1) is 16.3. The number of urea groups is 1. The van der Waals surface area contributed by atoms with Gasteiger partial charge < -0.3 is 24.4 Å². The number of anilines is 1. The van der Waals surface area contributed by atoms with E-state index < -0.39 is 0 Å². The van der Waals surface area contributed by atoms with Crippen molar-refractivity contribution < 1.29 is 9.53 Å². The molecule has 2 amide bonds. The number of halogens is 1. The molecule has 1 aliphatic heterocycles. The maximum absolute atomic E-state index is 12.6. The SMILES string of the molecule is C=C(Nc1nccc(CN2C(=O)N(C)C[C@@H]2C(C)C)n1)c1cn(-c2ccc(Cl)c(OC)c2)cn1. The number of hydrogen-bond donors (Lipinski definition) is 1. The Morgan fingerprint density at radius 1 is 1.32 bits per heavy atom. The number of imidazole rings is 1. The van der Waals surface area contributed by atoms with Crippen molar-refractivity contribution in [1.29, 1.82) is 0 Å². The molecule has 3 heterocycles. The first-order valence-electron chi connectivity index (χ1n) is 10.9. The van der Waals surface area contributed by atoms with Gasteiger partial charge in [-0.2, -0.15) is 0 Å². The van der Waals surface area contributed by atoms with E-state index in [0.717, 1.165) is 11.4 Å². The molecular formula is C24H28ClN7O2. The molecular weight excluding hydrogens is 454 g/mol. The van der Waals surface area contributed by atoms with Crippen LogP contribution < -0.4 is 10.1 Å². The van der Waals surface area contributed by atoms with E-state index in [-0.39, 0.29) is 12.1 Å². The number of hydrogen-bond acceptors (Lipinski definition) is 6. The van der Waals surface area contributed by atoms with Crippen molar-refractivity contribution in [2.24, 2.45) is 5.92 Å². The van der Waals surface area contributed by atoms with Crippen molar-refractivity contribution in [3.05, 3.63) is 66.0 Å². The number of aromatic nitrogens is 4. The lowest BCUT2D eigenvalue weighted by molar-refractivity contribution is 0.178. The van der Waals surface area contributed by atoms with Gasteiger partial charge in [0.15, 0.2) is 0 Å². The Labute approximate surface area is 204 Å². The van der Waals surface area contributed by atoms with Gasteiger partial charge >= 0.3 is 6.03 Å². The zero-order valence-electron chi connectivity index (χ0n) is 19.7. The van der Waals surface area contributed by atoms with E-state index in [2.05, 4.69) is 40.7 Å². The van der Waals surface area contributed by atoms with E-state index >= 15 is 0 Å². The van der Waals surface area contributed by atoms with Crippen molar-refractivity contribution in [2.45, 2.75) is 26.4 Å². The number of rotatable bonds is 8. The van der Waals surface area contributed by atoms with Crippen LogP contribution in [0.15, 0.2) is 49.6 Å². The van der Waals surface area contributed by atoms with Crippen LogP contribution in [0.1, 0.15) is 25.2 Å². The summed E-state index contributed by atoms with van der Waals surface area (Å²) in [6.07, 6.45) is 5.20. The molecule has 3 aromatic rings. The third-order valence-corrected chi connectivity index (χ3v) is 6.15. The number of amides is 2. The summed E-state index contributed by atoms with van der Waals surface area (Å²) in [5.41, 5.74) is 2.79. The predicted molar refractivity (Wildman–Crippen MR) is 132 cm³/mol. The average molecular weight is 482 g/mol. The standard InChI is InChI=1S/C24H28ClN7O2/c1-15(2)21-13-30(4)24(33)32(21)11-17-8-9-26-23(29-17)28-16(3)20-12-31(14-27-20)18-6-7-19(25)22(10-18)34-5/h6-10,12,14-15,21H,3,11,13H2,1-2,4-5H3,(H,26,28,29)/t21-/m1/s1. The molecule has 9 nitrogen and oxygen atoms in total. The summed E-state index contributed by atoms with van der Waals surface area (Å²) in [7, 11) is 3.40. The van der Waals surface area contributed by atoms with Crippen molar-refractivity contribution >= 4 is 29.3 Å². The van der Waals surface area contributed by atoms with Crippen LogP contribution in [-0.2, 0) is 6.54 Å². The Kier molecular flexibility index (Phi) is 6.74. The maximum atomic E-state index is 12.6. The molecule has 1 N–H and O–H groups in total. The Bertz CT molecular complexity index is 1210. The average Bonchev–Trinajstić information content (AvgIpc) is 3.41. The molecule has 0 spiro atoms. The molecule has 4 rings (SSSR count). The largest absolute Gasteiger partial charge is 0.495 e. The van der Waals surface area contributed by atoms with Crippen LogP contribution in [0.3, 0.4) is 0 Å². The van der Waals surface area contributed by atoms with Gasteiger partial charge in [-0.3, -0.25) is 0 Å². The molecule has 178 valence electrons. The quantitative estimate of drug-likeness (QED) is 0.516. The summed E-state index contributed by atoms with van der Waals surface area (Å²) >= 11 is 6.12. The Hall–Kier alpha value is -3.59. The van der Waals surface area contributed by atoms with Crippen LogP contribution in [-0.4, -0.2) is 62.1 Å². The van der Waals surface area contributed by atoms with Crippen molar-refractivity contribution in [1.82, 2.24) is 29.3 Å². The van der Waals surface area contributed by atoms with E-state index in [9.17, 15) is 4.79 Å². The lowest BCUT2D eigenvalue weighted by atomic mass is 10.0. The Morgan fingerprint density at radius 3 is 2.85 bits per heavy atom. The third-order valence-electron chi connectivity index (χ3n) is 5.84. The summed E-state index contributed by atoms with van der Waals surface area (Å²) in [5, 5.41) is 3.66. The second-order valence-electron chi connectivity index (χ2n) is 8.56. The minimum Gasteiger partial charge on any atom is -0.495 e. The van der Waals surface area contributed by atoms with Crippen molar-refractivity contribution in [2.75, 3.05) is 26.0 Å². The highest BCUT2D eigenvalue weighted by molar-refractivity contribution is 6.32. The zero-order chi connectivity index (χ0) is 24.4. The van der Waals surface area contributed by atoms with Gasteiger partial charge in [0.1, 0.15) is 11.4 Å². The van der Waals surface area contributed by atoms with E-state index in [1.54, 1.807) is 30.6 Å². The van der Waals surface area contributed by atoms with Gasteiger partial charge in [-0.1, -0.05) is 32.0 Å². The normalized spacial score (nSPS) is 15.8. The van der Waals surface area contributed by atoms with Gasteiger partial charge in [-0.25, -0.2) is 19.7 Å². The number of likely N-dealkylation sites (N-methyl/N-ethyl adjacent to an activating group) is 1. The lowest BCUT2D eigenvalue weighted by Gasteiger charge is -2.25. The molecule has 0 unspecified atom stereocenters. The minimum atomic E-state index is 0.0144. The van der Waals surface area contributed by atoms with Gasteiger partial charge in [0.05, 0.1) is 48.1 Å². The lowest BCUT2D eigenvalue weighted by Crippen LogP contribution is -2.37. The second kappa shape index (κ2) is 9.72. The van der Waals surface area contributed by atoms with E-state index in [1.165, 1.54) is 0 Å². The van der Waals surface area contributed by atoms with Gasteiger partial charge in [0, 0.05) is 32.1 Å². The molecule has 1 aliphatic rings. The van der Waals surface area contributed by atoms with E-state index in [0.29, 0.717) is 47.1 Å². The predicted octanol–water partition coefficient (Wildman–Crippen LogP) is 4.30. The van der Waals surface area contributed by atoms with Crippen LogP contribution in [0.2, 0.25) is 5.02 Å². The number of nitrogens with one attached hydrogen (secondary N) is 1. The molecule has 0 bridgehead atoms. The highest BCUT2D eigenvalue weighted by Crippen LogP contribution is 2.27. The van der Waals surface area contributed by atoms with Gasteiger partial charge in [0.2, 0.25) is 5.95 Å². The summed E-state index contributed by atoms with van der Waals surface area (Å²) in [6, 6.07) is 7.46. The molecule has 0 aliphatic carbocycles. The first kappa shape index (κ1) is 23.6. The molecule has 1 atom stereocenters. The molecule has 34 heavy (non-hydrogen) atoms. The number of carbonyl (C=O) groups excluding carboxylic acids is 1. The van der Waals surface area contributed by atoms with Crippen LogP contribution in [0.4, 0.5) is 10.7 Å². The molecule has 1 aromatic carbocycles. The van der Waals surface area contributed by atoms with Gasteiger partial charge in [-0.15, -0.1) is 0 Å². The summed E-state index contributed by atoms with van der Waals surface area (Å²) in [5.74, 6) is 1.33. The topological polar surface area (TPSA) is 88.4 Å². The fourth-order valence-corrected chi connectivity index (χ4v) is 4.12. The molecule has 2 aromatic heterocycles. The number of methoxy groups -OCH3 is 1. The molecule has 1 fully saturated rings. The fraction of sp³-hybridized carbons (Fsp3) is 0.333. The summed E-state index contributed by atoms with van der Waals surface area (Å²) < 4.78 is 7.14. The summed E-state index contributed by atoms with van der Waals surface area (Å²) in [4.78, 5) is 29.5. The Morgan fingerprint density at radius 2 is 2.12 bits per heavy atom. The monoisotopic (exact) mass is 481 g/mol. The Balaban J connectivity index is 1.46. The number of ether oxygens (including phenoxy) is 1. The van der Waals surface area contributed by atoms with Crippen LogP contribution in [0.25, 0.3) is 11.4 Å². The fourth-order valence-electron chi connectivity index (χ4n) is 3.92. The highest BCUT2D eigenvalue weighted by atomic mass is 35.5.